The van der Waals surface area contributed by atoms with Crippen LogP contribution in [0.4, 0.5) is 0 Å². The molecular formula is C14H18N4O3. The van der Waals surface area contributed by atoms with Gasteiger partial charge in [-0.25, -0.2) is 4.98 Å². The highest BCUT2D eigenvalue weighted by atomic mass is 16.5. The minimum absolute atomic E-state index is 0.245. The Morgan fingerprint density at radius 3 is 2.95 bits per heavy atom. The van der Waals surface area contributed by atoms with Gasteiger partial charge in [0.25, 0.3) is 0 Å². The van der Waals surface area contributed by atoms with E-state index in [4.69, 9.17) is 13.9 Å². The summed E-state index contributed by atoms with van der Waals surface area (Å²) >= 11 is 0. The largest absolute Gasteiger partial charge is 0.466 e. The lowest BCUT2D eigenvalue weighted by atomic mass is 9.98. The number of ether oxygens (including phenoxy) is 2. The quantitative estimate of drug-likeness (QED) is 0.831. The summed E-state index contributed by atoms with van der Waals surface area (Å²) in [4.78, 5) is 8.35. The Balaban J connectivity index is 1.62. The molecule has 0 N–H and O–H groups in total. The van der Waals surface area contributed by atoms with Crippen LogP contribution in [0.5, 0.6) is 5.88 Å². The molecule has 0 saturated carbocycles. The molecule has 0 aromatic carbocycles. The van der Waals surface area contributed by atoms with Gasteiger partial charge in [0.1, 0.15) is 17.8 Å². The molecule has 0 amide bonds. The summed E-state index contributed by atoms with van der Waals surface area (Å²) < 4.78 is 16.7. The van der Waals surface area contributed by atoms with E-state index in [1.165, 1.54) is 6.33 Å². The Morgan fingerprint density at radius 2 is 2.14 bits per heavy atom. The van der Waals surface area contributed by atoms with Crippen LogP contribution < -0.4 is 4.74 Å². The van der Waals surface area contributed by atoms with Crippen molar-refractivity contribution in [3.8, 4) is 5.88 Å². The summed E-state index contributed by atoms with van der Waals surface area (Å²) in [5.41, 5.74) is 0.730. The number of rotatable bonds is 5. The van der Waals surface area contributed by atoms with Crippen LogP contribution in [-0.4, -0.2) is 33.4 Å². The Labute approximate surface area is 122 Å². The van der Waals surface area contributed by atoms with Crippen LogP contribution in [0.15, 0.2) is 16.9 Å². The highest BCUT2D eigenvalue weighted by Crippen LogP contribution is 2.27. The monoisotopic (exact) mass is 290 g/mol. The summed E-state index contributed by atoms with van der Waals surface area (Å²) in [6, 6.07) is 0. The molecule has 1 fully saturated rings. The Morgan fingerprint density at radius 1 is 1.29 bits per heavy atom. The second-order valence-electron chi connectivity index (χ2n) is 4.90. The summed E-state index contributed by atoms with van der Waals surface area (Å²) in [6.45, 7) is 3.79. The maximum Gasteiger partial charge on any atom is 0.239 e. The van der Waals surface area contributed by atoms with Crippen molar-refractivity contribution in [3.63, 3.8) is 0 Å². The van der Waals surface area contributed by atoms with Crippen LogP contribution in [0.2, 0.25) is 0 Å². The van der Waals surface area contributed by atoms with Crippen molar-refractivity contribution in [2.24, 2.45) is 0 Å². The number of hydrogen-bond donors (Lipinski definition) is 0. The fraction of sp³-hybridized carbons (Fsp3) is 0.571. The highest BCUT2D eigenvalue weighted by Gasteiger charge is 2.20. The zero-order valence-corrected chi connectivity index (χ0v) is 12.0. The first kappa shape index (κ1) is 13.9. The lowest BCUT2D eigenvalue weighted by Crippen LogP contribution is -2.13. The Bertz CT molecular complexity index is 581. The van der Waals surface area contributed by atoms with Crippen molar-refractivity contribution in [1.82, 2.24) is 20.2 Å². The molecule has 2 aromatic heterocycles. The number of nitrogens with zero attached hydrogens (tertiary/aromatic N) is 4. The van der Waals surface area contributed by atoms with Gasteiger partial charge in [0.05, 0.1) is 6.20 Å². The number of aryl methyl sites for hydroxylation is 1. The number of oxazole rings is 1. The molecule has 7 heteroatoms. The van der Waals surface area contributed by atoms with Gasteiger partial charge < -0.3 is 13.9 Å². The van der Waals surface area contributed by atoms with E-state index >= 15 is 0 Å². The van der Waals surface area contributed by atoms with Crippen LogP contribution in [0.25, 0.3) is 0 Å². The van der Waals surface area contributed by atoms with Gasteiger partial charge in [0.15, 0.2) is 6.61 Å². The third-order valence-corrected chi connectivity index (χ3v) is 3.51. The predicted molar refractivity (Wildman–Crippen MR) is 72.8 cm³/mol. The summed E-state index contributed by atoms with van der Waals surface area (Å²) in [5.74, 6) is 2.34. The smallest absolute Gasteiger partial charge is 0.239 e. The lowest BCUT2D eigenvalue weighted by Gasteiger charge is -2.19. The number of aromatic nitrogens is 4. The molecule has 1 aliphatic heterocycles. The summed E-state index contributed by atoms with van der Waals surface area (Å²) in [7, 11) is 0. The Kier molecular flexibility index (Phi) is 4.40. The van der Waals surface area contributed by atoms with Crippen molar-refractivity contribution in [2.45, 2.75) is 38.7 Å². The normalized spacial score (nSPS) is 16.0. The van der Waals surface area contributed by atoms with Gasteiger partial charge >= 0.3 is 0 Å². The molecule has 3 rings (SSSR count). The van der Waals surface area contributed by atoms with Gasteiger partial charge in [-0.2, -0.15) is 4.98 Å². The van der Waals surface area contributed by atoms with Gasteiger partial charge in [-0.05, 0) is 19.3 Å². The van der Waals surface area contributed by atoms with Gasteiger partial charge in [-0.1, -0.05) is 6.92 Å². The van der Waals surface area contributed by atoms with E-state index in [1.54, 1.807) is 6.20 Å². The van der Waals surface area contributed by atoms with Gasteiger partial charge in [-0.3, -0.25) is 0 Å². The van der Waals surface area contributed by atoms with E-state index < -0.39 is 0 Å². The van der Waals surface area contributed by atoms with E-state index in [0.29, 0.717) is 17.7 Å². The van der Waals surface area contributed by atoms with E-state index in [2.05, 4.69) is 20.2 Å². The minimum Gasteiger partial charge on any atom is -0.466 e. The highest BCUT2D eigenvalue weighted by molar-refractivity contribution is 5.15. The van der Waals surface area contributed by atoms with Crippen molar-refractivity contribution < 1.29 is 13.9 Å². The molecule has 0 atom stereocenters. The zero-order chi connectivity index (χ0) is 14.5. The molecule has 0 aliphatic carbocycles. The third-order valence-electron chi connectivity index (χ3n) is 3.51. The molecule has 0 spiro atoms. The molecule has 112 valence electrons. The van der Waals surface area contributed by atoms with Gasteiger partial charge in [-0.15, -0.1) is 10.2 Å². The van der Waals surface area contributed by atoms with Gasteiger partial charge in [0, 0.05) is 19.1 Å². The fourth-order valence-electron chi connectivity index (χ4n) is 2.33. The van der Waals surface area contributed by atoms with E-state index in [1.807, 2.05) is 6.92 Å². The fourth-order valence-corrected chi connectivity index (χ4v) is 2.33. The molecule has 7 nitrogen and oxygen atoms in total. The first-order chi connectivity index (χ1) is 10.4. The van der Waals surface area contributed by atoms with Crippen LogP contribution in [0, 0.1) is 0 Å². The second-order valence-corrected chi connectivity index (χ2v) is 4.90. The Hall–Kier alpha value is -2.02. The lowest BCUT2D eigenvalue weighted by molar-refractivity contribution is 0.0799. The van der Waals surface area contributed by atoms with E-state index in [0.717, 1.165) is 43.9 Å². The maximum absolute atomic E-state index is 5.76. The molecule has 0 bridgehead atoms. The van der Waals surface area contributed by atoms with Gasteiger partial charge in [0.2, 0.25) is 11.8 Å². The third kappa shape index (κ3) is 3.36. The SMILES string of the molecule is CCc1nncnc1OCc1ncc(C2CCOCC2)o1. The molecular weight excluding hydrogens is 272 g/mol. The second kappa shape index (κ2) is 6.62. The summed E-state index contributed by atoms with van der Waals surface area (Å²) in [6.07, 6.45) is 5.83. The molecule has 3 heterocycles. The van der Waals surface area contributed by atoms with Crippen LogP contribution >= 0.6 is 0 Å². The van der Waals surface area contributed by atoms with Crippen LogP contribution in [0.3, 0.4) is 0 Å². The van der Waals surface area contributed by atoms with Crippen LogP contribution in [-0.2, 0) is 17.8 Å². The first-order valence-electron chi connectivity index (χ1n) is 7.18. The molecule has 0 unspecified atom stereocenters. The number of hydrogen-bond acceptors (Lipinski definition) is 7. The summed E-state index contributed by atoms with van der Waals surface area (Å²) in [5, 5.41) is 7.73. The van der Waals surface area contributed by atoms with Crippen molar-refractivity contribution in [2.75, 3.05) is 13.2 Å². The molecule has 21 heavy (non-hydrogen) atoms. The molecule has 0 radical (unpaired) electrons. The van der Waals surface area contributed by atoms with Crippen molar-refractivity contribution in [1.29, 1.82) is 0 Å². The predicted octanol–water partition coefficient (Wildman–Crippen LogP) is 1.90. The van der Waals surface area contributed by atoms with Crippen LogP contribution in [0.1, 0.15) is 43.0 Å². The van der Waals surface area contributed by atoms with Crippen molar-refractivity contribution >= 4 is 0 Å². The average molecular weight is 290 g/mol. The topological polar surface area (TPSA) is 83.2 Å². The first-order valence-corrected chi connectivity index (χ1v) is 7.18. The van der Waals surface area contributed by atoms with E-state index in [9.17, 15) is 0 Å². The minimum atomic E-state index is 0.245. The van der Waals surface area contributed by atoms with E-state index in [-0.39, 0.29) is 6.61 Å². The molecule has 1 aliphatic rings. The maximum atomic E-state index is 5.76. The molecule has 2 aromatic rings. The van der Waals surface area contributed by atoms with Crippen molar-refractivity contribution in [3.05, 3.63) is 29.9 Å². The zero-order valence-electron chi connectivity index (χ0n) is 12.0. The average Bonchev–Trinajstić information content (AvgIpc) is 3.03. The molecule has 1 saturated heterocycles. The standard InChI is InChI=1S/C14H18N4O3/c1-2-11-14(16-9-17-18-11)20-8-13-15-7-12(21-13)10-3-5-19-6-4-10/h7,9-10H,2-6,8H2,1H3.